The summed E-state index contributed by atoms with van der Waals surface area (Å²) < 4.78 is 5.54. The van der Waals surface area contributed by atoms with Crippen molar-refractivity contribution in [2.45, 2.75) is 33.1 Å². The van der Waals surface area contributed by atoms with E-state index in [4.69, 9.17) is 4.74 Å². The molecular formula is C13H25NO. The highest BCUT2D eigenvalue weighted by Gasteiger charge is 2.53. The lowest BCUT2D eigenvalue weighted by Gasteiger charge is -2.56. The van der Waals surface area contributed by atoms with Crippen LogP contribution in [0.15, 0.2) is 0 Å². The molecule has 0 aromatic rings. The zero-order valence-electron chi connectivity index (χ0n) is 10.4. The van der Waals surface area contributed by atoms with E-state index in [9.17, 15) is 0 Å². The van der Waals surface area contributed by atoms with E-state index in [2.05, 4.69) is 26.2 Å². The first-order chi connectivity index (χ1) is 7.20. The normalized spacial score (nSPS) is 27.2. The quantitative estimate of drug-likeness (QED) is 0.753. The fourth-order valence-electron chi connectivity index (χ4n) is 3.40. The van der Waals surface area contributed by atoms with Gasteiger partial charge in [-0.1, -0.05) is 20.3 Å². The molecule has 1 unspecified atom stereocenters. The summed E-state index contributed by atoms with van der Waals surface area (Å²) >= 11 is 0. The number of rotatable bonds is 5. The summed E-state index contributed by atoms with van der Waals surface area (Å²) in [6, 6.07) is 0. The zero-order chi connectivity index (χ0) is 10.9. The van der Waals surface area contributed by atoms with Crippen molar-refractivity contribution in [3.63, 3.8) is 0 Å². The molecule has 0 aromatic carbocycles. The van der Waals surface area contributed by atoms with Crippen molar-refractivity contribution in [3.8, 4) is 0 Å². The maximum Gasteiger partial charge on any atom is 0.0550 e. The average Bonchev–Trinajstić information content (AvgIpc) is 2.04. The van der Waals surface area contributed by atoms with Crippen molar-refractivity contribution in [1.82, 2.24) is 5.32 Å². The predicted molar refractivity (Wildman–Crippen MR) is 62.8 cm³/mol. The van der Waals surface area contributed by atoms with Crippen molar-refractivity contribution < 1.29 is 4.74 Å². The van der Waals surface area contributed by atoms with Gasteiger partial charge in [-0.3, -0.25) is 0 Å². The zero-order valence-corrected chi connectivity index (χ0v) is 10.4. The second-order valence-electron chi connectivity index (χ2n) is 5.76. The fourth-order valence-corrected chi connectivity index (χ4v) is 3.40. The molecule has 1 heterocycles. The minimum atomic E-state index is 0.523. The summed E-state index contributed by atoms with van der Waals surface area (Å²) in [5, 5.41) is 3.37. The SMILES string of the molecule is CNCC(C(C)C)C1(C2CCC2)COC1. The lowest BCUT2D eigenvalue weighted by molar-refractivity contribution is -0.200. The third kappa shape index (κ3) is 1.83. The summed E-state index contributed by atoms with van der Waals surface area (Å²) in [5.74, 6) is 2.51. The van der Waals surface area contributed by atoms with Gasteiger partial charge in [0.05, 0.1) is 13.2 Å². The van der Waals surface area contributed by atoms with Crippen LogP contribution in [0.1, 0.15) is 33.1 Å². The lowest BCUT2D eigenvalue weighted by atomic mass is 9.56. The van der Waals surface area contributed by atoms with Gasteiger partial charge in [-0.2, -0.15) is 0 Å². The Labute approximate surface area is 93.8 Å². The highest BCUT2D eigenvalue weighted by molar-refractivity contribution is 5.01. The van der Waals surface area contributed by atoms with E-state index in [1.54, 1.807) is 0 Å². The van der Waals surface area contributed by atoms with Crippen LogP contribution in [0.25, 0.3) is 0 Å². The van der Waals surface area contributed by atoms with Gasteiger partial charge in [0.2, 0.25) is 0 Å². The largest absolute Gasteiger partial charge is 0.380 e. The monoisotopic (exact) mass is 211 g/mol. The molecule has 1 atom stereocenters. The summed E-state index contributed by atoms with van der Waals surface area (Å²) in [7, 11) is 2.07. The first-order valence-electron chi connectivity index (χ1n) is 6.43. The molecule has 0 radical (unpaired) electrons. The summed E-state index contributed by atoms with van der Waals surface area (Å²) in [6.45, 7) is 7.91. The van der Waals surface area contributed by atoms with Crippen LogP contribution >= 0.6 is 0 Å². The Kier molecular flexibility index (Phi) is 3.36. The molecule has 15 heavy (non-hydrogen) atoms. The molecule has 2 rings (SSSR count). The summed E-state index contributed by atoms with van der Waals surface area (Å²) in [4.78, 5) is 0. The minimum absolute atomic E-state index is 0.523. The van der Waals surface area contributed by atoms with E-state index in [1.807, 2.05) is 0 Å². The molecule has 0 bridgehead atoms. The molecule has 1 aliphatic carbocycles. The first kappa shape index (κ1) is 11.4. The lowest BCUT2D eigenvalue weighted by Crippen LogP contribution is -2.58. The molecule has 2 heteroatoms. The molecule has 0 aromatic heterocycles. The van der Waals surface area contributed by atoms with E-state index in [0.29, 0.717) is 5.41 Å². The smallest absolute Gasteiger partial charge is 0.0550 e. The Morgan fingerprint density at radius 2 is 2.00 bits per heavy atom. The maximum atomic E-state index is 5.54. The Bertz CT molecular complexity index is 207. The van der Waals surface area contributed by atoms with Gasteiger partial charge >= 0.3 is 0 Å². The van der Waals surface area contributed by atoms with Gasteiger partial charge in [-0.25, -0.2) is 0 Å². The summed E-state index contributed by atoms with van der Waals surface area (Å²) in [6.07, 6.45) is 4.32. The Balaban J connectivity index is 2.07. The molecule has 0 amide bonds. The Morgan fingerprint density at radius 1 is 1.33 bits per heavy atom. The first-order valence-corrected chi connectivity index (χ1v) is 6.43. The van der Waals surface area contributed by atoms with Crippen molar-refractivity contribution in [2.24, 2.45) is 23.2 Å². The number of hydrogen-bond donors (Lipinski definition) is 1. The van der Waals surface area contributed by atoms with Gasteiger partial charge in [0, 0.05) is 5.41 Å². The molecule has 1 aliphatic heterocycles. The van der Waals surface area contributed by atoms with Crippen molar-refractivity contribution in [1.29, 1.82) is 0 Å². The third-order valence-corrected chi connectivity index (χ3v) is 4.63. The Morgan fingerprint density at radius 3 is 2.27 bits per heavy atom. The molecule has 1 saturated carbocycles. The van der Waals surface area contributed by atoms with Crippen LogP contribution in [0.5, 0.6) is 0 Å². The fraction of sp³-hybridized carbons (Fsp3) is 1.00. The topological polar surface area (TPSA) is 21.3 Å². The maximum absolute atomic E-state index is 5.54. The van der Waals surface area contributed by atoms with Crippen molar-refractivity contribution >= 4 is 0 Å². The average molecular weight is 211 g/mol. The molecule has 1 N–H and O–H groups in total. The van der Waals surface area contributed by atoms with Crippen LogP contribution in [0, 0.1) is 23.2 Å². The number of ether oxygens (including phenoxy) is 1. The second-order valence-corrected chi connectivity index (χ2v) is 5.76. The van der Waals surface area contributed by atoms with E-state index in [-0.39, 0.29) is 0 Å². The van der Waals surface area contributed by atoms with Crippen molar-refractivity contribution in [3.05, 3.63) is 0 Å². The van der Waals surface area contributed by atoms with Gasteiger partial charge in [0.15, 0.2) is 0 Å². The van der Waals surface area contributed by atoms with Gasteiger partial charge < -0.3 is 10.1 Å². The minimum Gasteiger partial charge on any atom is -0.380 e. The number of hydrogen-bond acceptors (Lipinski definition) is 2. The van der Waals surface area contributed by atoms with Gasteiger partial charge in [0.25, 0.3) is 0 Å². The van der Waals surface area contributed by atoms with E-state index >= 15 is 0 Å². The van der Waals surface area contributed by atoms with Crippen LogP contribution in [0.2, 0.25) is 0 Å². The van der Waals surface area contributed by atoms with E-state index < -0.39 is 0 Å². The molecule has 0 spiro atoms. The standard InChI is InChI=1S/C13H25NO/c1-10(2)12(7-14-3)13(8-15-9-13)11-5-4-6-11/h10-12,14H,4-9H2,1-3H3. The van der Waals surface area contributed by atoms with E-state index in [1.165, 1.54) is 19.3 Å². The molecule has 2 fully saturated rings. The van der Waals surface area contributed by atoms with Crippen LogP contribution < -0.4 is 5.32 Å². The molecular weight excluding hydrogens is 186 g/mol. The Hall–Kier alpha value is -0.0800. The molecule has 2 aliphatic rings. The highest BCUT2D eigenvalue weighted by atomic mass is 16.5. The van der Waals surface area contributed by atoms with E-state index in [0.717, 1.165) is 37.5 Å². The van der Waals surface area contributed by atoms with Crippen molar-refractivity contribution in [2.75, 3.05) is 26.8 Å². The van der Waals surface area contributed by atoms with Crippen LogP contribution in [0.3, 0.4) is 0 Å². The van der Waals surface area contributed by atoms with Gasteiger partial charge in [-0.15, -0.1) is 0 Å². The molecule has 2 nitrogen and oxygen atoms in total. The molecule has 88 valence electrons. The van der Waals surface area contributed by atoms with Crippen LogP contribution in [-0.4, -0.2) is 26.8 Å². The van der Waals surface area contributed by atoms with Gasteiger partial charge in [0.1, 0.15) is 0 Å². The highest BCUT2D eigenvalue weighted by Crippen LogP contribution is 2.53. The molecule has 1 saturated heterocycles. The van der Waals surface area contributed by atoms with Crippen LogP contribution in [-0.2, 0) is 4.74 Å². The number of nitrogens with one attached hydrogen (secondary N) is 1. The summed E-state index contributed by atoms with van der Waals surface area (Å²) in [5.41, 5.74) is 0.523. The second kappa shape index (κ2) is 4.42. The predicted octanol–water partition coefficient (Wildman–Crippen LogP) is 2.29. The van der Waals surface area contributed by atoms with Crippen LogP contribution in [0.4, 0.5) is 0 Å². The third-order valence-electron chi connectivity index (χ3n) is 4.63. The van der Waals surface area contributed by atoms with Gasteiger partial charge in [-0.05, 0) is 44.2 Å².